The van der Waals surface area contributed by atoms with Gasteiger partial charge < -0.3 is 9.42 Å². The van der Waals surface area contributed by atoms with Crippen LogP contribution >= 0.6 is 0 Å². The molecule has 0 saturated carbocycles. The average molecular weight is 419 g/mol. The molecule has 1 amide bonds. The van der Waals surface area contributed by atoms with Gasteiger partial charge in [0.1, 0.15) is 5.82 Å². The van der Waals surface area contributed by atoms with Crippen LogP contribution in [0.5, 0.6) is 0 Å². The van der Waals surface area contributed by atoms with E-state index in [9.17, 15) is 4.79 Å². The Labute approximate surface area is 183 Å². The van der Waals surface area contributed by atoms with Crippen molar-refractivity contribution < 1.29 is 9.32 Å². The molecule has 162 valence electrons. The number of carbonyl (C=O) groups excluding carboxylic acids is 1. The normalized spacial score (nSPS) is 17.1. The van der Waals surface area contributed by atoms with Crippen LogP contribution in [0.25, 0.3) is 11.3 Å². The molecule has 0 N–H and O–H groups in total. The molecule has 6 heteroatoms. The number of hydrogen-bond donors (Lipinski definition) is 0. The lowest BCUT2D eigenvalue weighted by Gasteiger charge is -2.34. The summed E-state index contributed by atoms with van der Waals surface area (Å²) < 4.78 is 5.56. The molecule has 2 aromatic heterocycles. The Bertz CT molecular complexity index is 1100. The number of rotatable bonds is 3. The van der Waals surface area contributed by atoms with Crippen molar-refractivity contribution in [3.63, 3.8) is 0 Å². The molecular weight excluding hydrogens is 388 g/mol. The summed E-state index contributed by atoms with van der Waals surface area (Å²) in [5.41, 5.74) is 4.23. The number of aryl methyl sites for hydroxylation is 2. The van der Waals surface area contributed by atoms with E-state index in [-0.39, 0.29) is 17.2 Å². The zero-order valence-corrected chi connectivity index (χ0v) is 19.0. The molecule has 1 aromatic carbocycles. The Morgan fingerprint density at radius 1 is 1.19 bits per heavy atom. The van der Waals surface area contributed by atoms with Gasteiger partial charge in [-0.1, -0.05) is 44.1 Å². The van der Waals surface area contributed by atoms with Gasteiger partial charge in [0.05, 0.1) is 17.0 Å². The van der Waals surface area contributed by atoms with Crippen LogP contribution in [0, 0.1) is 13.8 Å². The Morgan fingerprint density at radius 2 is 1.97 bits per heavy atom. The molecule has 1 saturated heterocycles. The number of carbonyl (C=O) groups is 1. The Kier molecular flexibility index (Phi) is 5.65. The maximum Gasteiger partial charge on any atom is 0.254 e. The van der Waals surface area contributed by atoms with E-state index in [1.54, 1.807) is 0 Å². The smallest absolute Gasteiger partial charge is 0.254 e. The largest absolute Gasteiger partial charge is 0.356 e. The quantitative estimate of drug-likeness (QED) is 0.594. The Balaban J connectivity index is 1.70. The van der Waals surface area contributed by atoms with Crippen molar-refractivity contribution in [3.8, 4) is 11.3 Å². The number of benzene rings is 1. The van der Waals surface area contributed by atoms with Gasteiger partial charge in [-0.3, -0.25) is 4.79 Å². The molecule has 1 fully saturated rings. The maximum absolute atomic E-state index is 13.2. The van der Waals surface area contributed by atoms with Crippen LogP contribution in [-0.2, 0) is 5.41 Å². The van der Waals surface area contributed by atoms with E-state index in [1.807, 2.05) is 55.3 Å². The monoisotopic (exact) mass is 418 g/mol. The number of amides is 1. The molecule has 4 rings (SSSR count). The summed E-state index contributed by atoms with van der Waals surface area (Å²) in [6.07, 6.45) is 3.76. The fraction of sp³-hybridized carbons (Fsp3) is 0.440. The summed E-state index contributed by atoms with van der Waals surface area (Å²) in [7, 11) is 0. The maximum atomic E-state index is 13.2. The van der Waals surface area contributed by atoms with E-state index < -0.39 is 0 Å². The highest BCUT2D eigenvalue weighted by molar-refractivity contribution is 5.95. The van der Waals surface area contributed by atoms with Crippen LogP contribution < -0.4 is 0 Å². The lowest BCUT2D eigenvalue weighted by molar-refractivity contribution is 0.0705. The molecule has 0 radical (unpaired) electrons. The highest BCUT2D eigenvalue weighted by Crippen LogP contribution is 2.35. The van der Waals surface area contributed by atoms with E-state index in [4.69, 9.17) is 9.51 Å². The van der Waals surface area contributed by atoms with Gasteiger partial charge in [0, 0.05) is 42.2 Å². The lowest BCUT2D eigenvalue weighted by Crippen LogP contribution is -2.40. The first-order valence-electron chi connectivity index (χ1n) is 10.9. The van der Waals surface area contributed by atoms with Gasteiger partial charge in [-0.05, 0) is 38.3 Å². The van der Waals surface area contributed by atoms with Crippen LogP contribution in [0.15, 0.2) is 41.1 Å². The molecule has 0 bridgehead atoms. The van der Waals surface area contributed by atoms with Crippen LogP contribution in [-0.4, -0.2) is 39.0 Å². The molecule has 1 unspecified atom stereocenters. The van der Waals surface area contributed by atoms with Gasteiger partial charge >= 0.3 is 0 Å². The third-order valence-corrected chi connectivity index (χ3v) is 5.85. The molecule has 1 aliphatic rings. The molecule has 3 heterocycles. The molecule has 31 heavy (non-hydrogen) atoms. The summed E-state index contributed by atoms with van der Waals surface area (Å²) >= 11 is 0. The zero-order chi connectivity index (χ0) is 22.2. The second-order valence-electron chi connectivity index (χ2n) is 9.48. The fourth-order valence-corrected chi connectivity index (χ4v) is 4.12. The standard InChI is InChI=1S/C25H30N4O2/c1-16-9-6-7-11-19(16)23(30)29-12-8-10-18(15-29)22-20(21-13-17(2)28-31-21)14-26-24(27-22)25(3,4)5/h6-7,9,11,13-14,18H,8,10,12,15H2,1-5H3. The highest BCUT2D eigenvalue weighted by Gasteiger charge is 2.31. The average Bonchev–Trinajstić information content (AvgIpc) is 3.19. The second-order valence-corrected chi connectivity index (χ2v) is 9.48. The van der Waals surface area contributed by atoms with Crippen LogP contribution in [0.2, 0.25) is 0 Å². The van der Waals surface area contributed by atoms with Gasteiger partial charge in [-0.25, -0.2) is 9.97 Å². The van der Waals surface area contributed by atoms with E-state index >= 15 is 0 Å². The first kappa shape index (κ1) is 21.2. The van der Waals surface area contributed by atoms with E-state index in [0.29, 0.717) is 12.3 Å². The van der Waals surface area contributed by atoms with Crippen molar-refractivity contribution in [1.29, 1.82) is 0 Å². The topological polar surface area (TPSA) is 72.1 Å². The van der Waals surface area contributed by atoms with Crippen LogP contribution in [0.1, 0.15) is 72.7 Å². The molecule has 0 aliphatic carbocycles. The fourth-order valence-electron chi connectivity index (χ4n) is 4.12. The van der Waals surface area contributed by atoms with Gasteiger partial charge in [-0.15, -0.1) is 0 Å². The molecular formula is C25H30N4O2. The number of hydrogen-bond acceptors (Lipinski definition) is 5. The van der Waals surface area contributed by atoms with Gasteiger partial charge in [0.15, 0.2) is 5.76 Å². The summed E-state index contributed by atoms with van der Waals surface area (Å²) in [6, 6.07) is 9.70. The number of nitrogens with zero attached hydrogens (tertiary/aromatic N) is 4. The number of piperidine rings is 1. The SMILES string of the molecule is Cc1cc(-c2cnc(C(C)(C)C)nc2C2CCCN(C(=O)c3ccccc3C)C2)on1. The summed E-state index contributed by atoms with van der Waals surface area (Å²) in [5, 5.41) is 4.05. The number of likely N-dealkylation sites (tertiary alicyclic amines) is 1. The molecule has 0 spiro atoms. The highest BCUT2D eigenvalue weighted by atomic mass is 16.5. The first-order chi connectivity index (χ1) is 14.7. The first-order valence-corrected chi connectivity index (χ1v) is 10.9. The van der Waals surface area contributed by atoms with Crippen molar-refractivity contribution in [2.75, 3.05) is 13.1 Å². The summed E-state index contributed by atoms with van der Waals surface area (Å²) in [4.78, 5) is 24.8. The van der Waals surface area contributed by atoms with Crippen molar-refractivity contribution in [2.24, 2.45) is 0 Å². The minimum Gasteiger partial charge on any atom is -0.356 e. The van der Waals surface area contributed by atoms with Crippen molar-refractivity contribution in [2.45, 2.75) is 58.8 Å². The minimum atomic E-state index is -0.171. The Morgan fingerprint density at radius 3 is 2.65 bits per heavy atom. The van der Waals surface area contributed by atoms with Crippen LogP contribution in [0.3, 0.4) is 0 Å². The molecule has 1 aliphatic heterocycles. The van der Waals surface area contributed by atoms with Crippen molar-refractivity contribution >= 4 is 5.91 Å². The van der Waals surface area contributed by atoms with Gasteiger partial charge in [-0.2, -0.15) is 0 Å². The van der Waals surface area contributed by atoms with Gasteiger partial charge in [0.25, 0.3) is 5.91 Å². The Hall–Kier alpha value is -3.02. The van der Waals surface area contributed by atoms with Gasteiger partial charge in [0.2, 0.25) is 0 Å². The van der Waals surface area contributed by atoms with E-state index in [2.05, 4.69) is 30.9 Å². The van der Waals surface area contributed by atoms with E-state index in [1.165, 1.54) is 0 Å². The summed E-state index contributed by atoms with van der Waals surface area (Å²) in [6.45, 7) is 11.6. The predicted molar refractivity (Wildman–Crippen MR) is 120 cm³/mol. The molecule has 6 nitrogen and oxygen atoms in total. The number of aromatic nitrogens is 3. The van der Waals surface area contributed by atoms with Crippen molar-refractivity contribution in [1.82, 2.24) is 20.0 Å². The molecule has 3 aromatic rings. The molecule has 1 atom stereocenters. The zero-order valence-electron chi connectivity index (χ0n) is 19.0. The third kappa shape index (κ3) is 4.38. The second kappa shape index (κ2) is 8.25. The lowest BCUT2D eigenvalue weighted by atomic mass is 9.89. The summed E-state index contributed by atoms with van der Waals surface area (Å²) in [5.74, 6) is 1.68. The van der Waals surface area contributed by atoms with E-state index in [0.717, 1.165) is 53.3 Å². The predicted octanol–water partition coefficient (Wildman–Crippen LogP) is 5.07. The third-order valence-electron chi connectivity index (χ3n) is 5.85. The minimum absolute atomic E-state index is 0.0879. The van der Waals surface area contributed by atoms with Crippen molar-refractivity contribution in [3.05, 3.63) is 64.9 Å². The van der Waals surface area contributed by atoms with Crippen LogP contribution in [0.4, 0.5) is 0 Å².